The number of hydrogen-bond donors (Lipinski definition) is 1. The Labute approximate surface area is 172 Å². The van der Waals surface area contributed by atoms with E-state index in [2.05, 4.69) is 36.1 Å². The molecule has 4 rings (SSSR count). The van der Waals surface area contributed by atoms with Crippen LogP contribution >= 0.6 is 0 Å². The van der Waals surface area contributed by atoms with Crippen LogP contribution in [-0.2, 0) is 11.3 Å². The molecule has 2 aliphatic rings. The van der Waals surface area contributed by atoms with Gasteiger partial charge in [0.1, 0.15) is 0 Å². The first-order valence-electron chi connectivity index (χ1n) is 10.5. The van der Waals surface area contributed by atoms with E-state index in [1.807, 2.05) is 29.2 Å². The largest absolute Gasteiger partial charge is 0.366 e. The van der Waals surface area contributed by atoms with Gasteiger partial charge in [-0.15, -0.1) is 0 Å². The number of carbonyl (C=O) groups excluding carboxylic acids is 2. The number of carbonyl (C=O) groups is 2. The predicted molar refractivity (Wildman–Crippen MR) is 114 cm³/mol. The minimum atomic E-state index is -0.388. The number of piperidine rings is 1. The van der Waals surface area contributed by atoms with Gasteiger partial charge in [0.05, 0.1) is 6.04 Å². The number of nitrogens with zero attached hydrogens (tertiary/aromatic N) is 2. The molecule has 0 saturated carbocycles. The lowest BCUT2D eigenvalue weighted by Crippen LogP contribution is -2.45. The summed E-state index contributed by atoms with van der Waals surface area (Å²) in [4.78, 5) is 28.6. The van der Waals surface area contributed by atoms with Crippen molar-refractivity contribution >= 4 is 11.8 Å². The number of nitrogens with two attached hydrogens (primary N) is 1. The van der Waals surface area contributed by atoms with Crippen LogP contribution in [0.2, 0.25) is 0 Å². The first-order valence-corrected chi connectivity index (χ1v) is 10.5. The van der Waals surface area contributed by atoms with Crippen LogP contribution < -0.4 is 5.73 Å². The molecule has 5 heteroatoms. The molecule has 2 N–H and O–H groups in total. The summed E-state index contributed by atoms with van der Waals surface area (Å²) in [6, 6.07) is 16.1. The Balaban J connectivity index is 1.32. The number of likely N-dealkylation sites (tertiary alicyclic amines) is 2. The fourth-order valence-corrected chi connectivity index (χ4v) is 4.60. The van der Waals surface area contributed by atoms with E-state index in [1.165, 1.54) is 16.7 Å². The highest BCUT2D eigenvalue weighted by Gasteiger charge is 2.37. The van der Waals surface area contributed by atoms with Gasteiger partial charge in [0.2, 0.25) is 11.8 Å². The Morgan fingerprint density at radius 3 is 2.24 bits per heavy atom. The number of hydrogen-bond acceptors (Lipinski definition) is 3. The van der Waals surface area contributed by atoms with Crippen LogP contribution in [0.1, 0.15) is 52.2 Å². The fourth-order valence-electron chi connectivity index (χ4n) is 4.60. The Morgan fingerprint density at radius 2 is 1.62 bits per heavy atom. The average molecular weight is 392 g/mol. The molecular weight excluding hydrogens is 362 g/mol. The monoisotopic (exact) mass is 391 g/mol. The second-order valence-electron chi connectivity index (χ2n) is 8.35. The van der Waals surface area contributed by atoms with E-state index in [0.717, 1.165) is 38.9 Å². The van der Waals surface area contributed by atoms with Crippen LogP contribution in [0, 0.1) is 6.92 Å². The molecule has 2 aromatic rings. The molecule has 29 heavy (non-hydrogen) atoms. The molecule has 1 atom stereocenters. The number of benzene rings is 2. The number of amides is 2. The minimum absolute atomic E-state index is 0.0265. The van der Waals surface area contributed by atoms with Crippen LogP contribution in [0.25, 0.3) is 0 Å². The van der Waals surface area contributed by atoms with Crippen molar-refractivity contribution in [3.8, 4) is 0 Å². The standard InChI is InChI=1S/C24H29N3O2/c1-17-2-4-18(5-3-17)16-27-15-12-22(24(27)29)26-13-10-20(11-14-26)19-6-8-21(9-7-19)23(25)28/h2-9,20,22H,10-16H2,1H3,(H2,25,28)/t22-/m1/s1. The highest BCUT2D eigenvalue weighted by molar-refractivity contribution is 5.92. The molecule has 0 spiro atoms. The van der Waals surface area contributed by atoms with Gasteiger partial charge < -0.3 is 10.6 Å². The summed E-state index contributed by atoms with van der Waals surface area (Å²) in [6.45, 7) is 5.51. The van der Waals surface area contributed by atoms with Crippen LogP contribution in [0.3, 0.4) is 0 Å². The minimum Gasteiger partial charge on any atom is -0.366 e. The lowest BCUT2D eigenvalue weighted by atomic mass is 9.88. The zero-order valence-corrected chi connectivity index (χ0v) is 17.0. The van der Waals surface area contributed by atoms with Crippen molar-refractivity contribution in [3.05, 3.63) is 70.8 Å². The first-order chi connectivity index (χ1) is 14.0. The van der Waals surface area contributed by atoms with Gasteiger partial charge in [0.15, 0.2) is 0 Å². The number of rotatable bonds is 5. The van der Waals surface area contributed by atoms with Crippen LogP contribution in [0.5, 0.6) is 0 Å². The summed E-state index contributed by atoms with van der Waals surface area (Å²) in [6.07, 6.45) is 3.00. The molecule has 5 nitrogen and oxygen atoms in total. The van der Waals surface area contributed by atoms with Crippen molar-refractivity contribution in [2.75, 3.05) is 19.6 Å². The summed E-state index contributed by atoms with van der Waals surface area (Å²) in [5.74, 6) is 0.365. The van der Waals surface area contributed by atoms with Gasteiger partial charge in [-0.2, -0.15) is 0 Å². The van der Waals surface area contributed by atoms with E-state index in [1.54, 1.807) is 0 Å². The smallest absolute Gasteiger partial charge is 0.248 e. The van der Waals surface area contributed by atoms with E-state index in [-0.39, 0.29) is 17.9 Å². The zero-order chi connectivity index (χ0) is 20.4. The van der Waals surface area contributed by atoms with Gasteiger partial charge in [0.25, 0.3) is 0 Å². The van der Waals surface area contributed by atoms with Crippen LogP contribution in [-0.4, -0.2) is 47.3 Å². The predicted octanol–water partition coefficient (Wildman–Crippen LogP) is 3.07. The fraction of sp³-hybridized carbons (Fsp3) is 0.417. The maximum Gasteiger partial charge on any atom is 0.248 e. The summed E-state index contributed by atoms with van der Waals surface area (Å²) in [5, 5.41) is 0. The summed E-state index contributed by atoms with van der Waals surface area (Å²) >= 11 is 0. The quantitative estimate of drug-likeness (QED) is 0.852. The third kappa shape index (κ3) is 4.35. The lowest BCUT2D eigenvalue weighted by molar-refractivity contribution is -0.133. The van der Waals surface area contributed by atoms with Crippen molar-refractivity contribution in [2.24, 2.45) is 5.73 Å². The first kappa shape index (κ1) is 19.6. The molecule has 2 aliphatic heterocycles. The summed E-state index contributed by atoms with van der Waals surface area (Å²) in [5.41, 5.74) is 9.58. The third-order valence-electron chi connectivity index (χ3n) is 6.40. The van der Waals surface area contributed by atoms with Gasteiger partial charge in [-0.3, -0.25) is 14.5 Å². The molecule has 0 aliphatic carbocycles. The van der Waals surface area contributed by atoms with Crippen molar-refractivity contribution in [3.63, 3.8) is 0 Å². The van der Waals surface area contributed by atoms with E-state index in [4.69, 9.17) is 5.73 Å². The molecular formula is C24H29N3O2. The van der Waals surface area contributed by atoms with Gasteiger partial charge >= 0.3 is 0 Å². The van der Waals surface area contributed by atoms with E-state index < -0.39 is 0 Å². The summed E-state index contributed by atoms with van der Waals surface area (Å²) in [7, 11) is 0. The number of aryl methyl sites for hydroxylation is 1. The average Bonchev–Trinajstić information content (AvgIpc) is 3.10. The van der Waals surface area contributed by atoms with E-state index in [9.17, 15) is 9.59 Å². The van der Waals surface area contributed by atoms with Crippen LogP contribution in [0.4, 0.5) is 0 Å². The molecule has 2 heterocycles. The second kappa shape index (κ2) is 8.37. The van der Waals surface area contributed by atoms with Gasteiger partial charge in [-0.25, -0.2) is 0 Å². The van der Waals surface area contributed by atoms with E-state index >= 15 is 0 Å². The third-order valence-corrected chi connectivity index (χ3v) is 6.40. The summed E-state index contributed by atoms with van der Waals surface area (Å²) < 4.78 is 0. The highest BCUT2D eigenvalue weighted by atomic mass is 16.2. The molecule has 2 aromatic carbocycles. The van der Waals surface area contributed by atoms with Crippen LogP contribution in [0.15, 0.2) is 48.5 Å². The molecule has 0 radical (unpaired) electrons. The molecule has 0 aromatic heterocycles. The molecule has 2 amide bonds. The number of primary amides is 1. The maximum atomic E-state index is 13.0. The topological polar surface area (TPSA) is 66.6 Å². The van der Waals surface area contributed by atoms with Crippen molar-refractivity contribution < 1.29 is 9.59 Å². The van der Waals surface area contributed by atoms with Gasteiger partial charge in [-0.05, 0) is 68.5 Å². The van der Waals surface area contributed by atoms with Crippen molar-refractivity contribution in [1.82, 2.24) is 9.80 Å². The molecule has 2 saturated heterocycles. The Bertz CT molecular complexity index is 868. The maximum absolute atomic E-state index is 13.0. The molecule has 152 valence electrons. The Kier molecular flexibility index (Phi) is 5.67. The zero-order valence-electron chi connectivity index (χ0n) is 17.0. The molecule has 2 fully saturated rings. The second-order valence-corrected chi connectivity index (χ2v) is 8.35. The SMILES string of the molecule is Cc1ccc(CN2CC[C@@H](N3CCC(c4ccc(C(N)=O)cc4)CC3)C2=O)cc1. The van der Waals surface area contributed by atoms with Gasteiger partial charge in [0, 0.05) is 18.7 Å². The Hall–Kier alpha value is -2.66. The van der Waals surface area contributed by atoms with Gasteiger partial charge in [-0.1, -0.05) is 42.0 Å². The van der Waals surface area contributed by atoms with Crippen molar-refractivity contribution in [2.45, 2.75) is 44.7 Å². The molecule has 0 unspecified atom stereocenters. The molecule has 0 bridgehead atoms. The van der Waals surface area contributed by atoms with Crippen molar-refractivity contribution in [1.29, 1.82) is 0 Å². The Morgan fingerprint density at radius 1 is 0.966 bits per heavy atom. The normalized spacial score (nSPS) is 20.9. The van der Waals surface area contributed by atoms with E-state index in [0.29, 0.717) is 18.0 Å². The lowest BCUT2D eigenvalue weighted by Gasteiger charge is -2.35. The highest BCUT2D eigenvalue weighted by Crippen LogP contribution is 2.31.